The van der Waals surface area contributed by atoms with Gasteiger partial charge in [-0.1, -0.05) is 0 Å². The highest BCUT2D eigenvalue weighted by Crippen LogP contribution is 2.24. The first-order chi connectivity index (χ1) is 8.33. The second kappa shape index (κ2) is 4.47. The molecule has 0 radical (unpaired) electrons. The summed E-state index contributed by atoms with van der Waals surface area (Å²) in [5.41, 5.74) is 0.884. The van der Waals surface area contributed by atoms with E-state index in [0.29, 0.717) is 0 Å². The molecule has 0 aliphatic carbocycles. The molecule has 0 spiro atoms. The fourth-order valence-electron chi connectivity index (χ4n) is 2.18. The van der Waals surface area contributed by atoms with Crippen LogP contribution in [0.3, 0.4) is 0 Å². The van der Waals surface area contributed by atoms with Crippen LogP contribution < -0.4 is 10.6 Å². The Morgan fingerprint density at radius 2 is 2.35 bits per heavy atom. The number of amides is 1. The number of thiophene rings is 1. The molecule has 1 aromatic heterocycles. The van der Waals surface area contributed by atoms with Crippen LogP contribution in [-0.2, 0) is 4.79 Å². The van der Waals surface area contributed by atoms with E-state index in [0.717, 1.165) is 25.1 Å². The molecule has 1 aliphatic heterocycles. The lowest BCUT2D eigenvalue weighted by molar-refractivity contribution is -0.117. The number of hydrogen-bond donors (Lipinski definition) is 2. The molecule has 3 rings (SSSR count). The van der Waals surface area contributed by atoms with Gasteiger partial charge in [0.2, 0.25) is 5.91 Å². The molecule has 2 aromatic rings. The average Bonchev–Trinajstić information content (AvgIpc) is 2.99. The molecule has 2 heterocycles. The minimum atomic E-state index is -0.0202. The van der Waals surface area contributed by atoms with E-state index in [-0.39, 0.29) is 11.9 Å². The first-order valence-electron chi connectivity index (χ1n) is 5.84. The number of carbonyl (C=O) groups excluding carboxylic acids is 1. The van der Waals surface area contributed by atoms with Crippen molar-refractivity contribution in [2.75, 3.05) is 11.9 Å². The number of fused-ring (bicyclic) bond motifs is 1. The maximum Gasteiger partial charge on any atom is 0.241 e. The molecule has 0 unspecified atom stereocenters. The Labute approximate surface area is 104 Å². The van der Waals surface area contributed by atoms with Crippen LogP contribution in [-0.4, -0.2) is 18.5 Å². The minimum Gasteiger partial charge on any atom is -0.325 e. The molecular formula is C13H14N2OS. The van der Waals surface area contributed by atoms with Crippen molar-refractivity contribution >= 4 is 33.0 Å². The molecule has 2 N–H and O–H groups in total. The Morgan fingerprint density at radius 1 is 1.41 bits per heavy atom. The van der Waals surface area contributed by atoms with E-state index in [1.807, 2.05) is 12.1 Å². The maximum absolute atomic E-state index is 11.9. The highest BCUT2D eigenvalue weighted by molar-refractivity contribution is 7.17. The summed E-state index contributed by atoms with van der Waals surface area (Å²) in [4.78, 5) is 11.9. The monoisotopic (exact) mass is 246 g/mol. The van der Waals surface area contributed by atoms with Crippen molar-refractivity contribution < 1.29 is 4.79 Å². The largest absolute Gasteiger partial charge is 0.325 e. The van der Waals surface area contributed by atoms with Crippen LogP contribution in [0.25, 0.3) is 10.1 Å². The number of carbonyl (C=O) groups is 1. The smallest absolute Gasteiger partial charge is 0.241 e. The summed E-state index contributed by atoms with van der Waals surface area (Å²) in [5, 5.41) is 9.42. The molecule has 17 heavy (non-hydrogen) atoms. The zero-order valence-corrected chi connectivity index (χ0v) is 10.2. The number of nitrogens with one attached hydrogen (secondary N) is 2. The van der Waals surface area contributed by atoms with Gasteiger partial charge in [-0.15, -0.1) is 11.3 Å². The Hall–Kier alpha value is -1.39. The van der Waals surface area contributed by atoms with Gasteiger partial charge in [0.15, 0.2) is 0 Å². The van der Waals surface area contributed by atoms with E-state index in [1.54, 1.807) is 11.3 Å². The molecule has 1 aromatic carbocycles. The molecule has 0 bridgehead atoms. The van der Waals surface area contributed by atoms with Gasteiger partial charge >= 0.3 is 0 Å². The maximum atomic E-state index is 11.9. The Balaban J connectivity index is 1.77. The molecule has 88 valence electrons. The van der Waals surface area contributed by atoms with Crippen LogP contribution in [0, 0.1) is 0 Å². The molecule has 1 saturated heterocycles. The molecule has 1 aliphatic rings. The highest BCUT2D eigenvalue weighted by Gasteiger charge is 2.21. The van der Waals surface area contributed by atoms with Crippen LogP contribution in [0.1, 0.15) is 12.8 Å². The van der Waals surface area contributed by atoms with Crippen LogP contribution in [0.15, 0.2) is 29.6 Å². The third kappa shape index (κ3) is 2.18. The lowest BCUT2D eigenvalue weighted by Gasteiger charge is -2.11. The third-order valence-corrected chi connectivity index (χ3v) is 3.99. The second-order valence-electron chi connectivity index (χ2n) is 4.31. The van der Waals surface area contributed by atoms with Gasteiger partial charge in [-0.2, -0.15) is 0 Å². The zero-order valence-electron chi connectivity index (χ0n) is 9.40. The van der Waals surface area contributed by atoms with Crippen molar-refractivity contribution in [3.05, 3.63) is 29.6 Å². The summed E-state index contributed by atoms with van der Waals surface area (Å²) in [5.74, 6) is 0.0806. The standard InChI is InChI=1S/C13H14N2OS/c16-13(11-2-1-6-14-11)15-10-3-4-12-9(8-10)5-7-17-12/h3-5,7-8,11,14H,1-2,6H2,(H,15,16)/t11-/m1/s1. The van der Waals surface area contributed by atoms with Gasteiger partial charge in [-0.05, 0) is 54.4 Å². The van der Waals surface area contributed by atoms with Crippen molar-refractivity contribution in [3.8, 4) is 0 Å². The van der Waals surface area contributed by atoms with Crippen LogP contribution >= 0.6 is 11.3 Å². The normalized spacial score (nSPS) is 19.6. The third-order valence-electron chi connectivity index (χ3n) is 3.10. The van der Waals surface area contributed by atoms with Crippen molar-refractivity contribution in [1.82, 2.24) is 5.32 Å². The van der Waals surface area contributed by atoms with E-state index >= 15 is 0 Å². The zero-order chi connectivity index (χ0) is 11.7. The van der Waals surface area contributed by atoms with E-state index in [1.165, 1.54) is 10.1 Å². The lowest BCUT2D eigenvalue weighted by atomic mass is 10.2. The Kier molecular flexibility index (Phi) is 2.82. The van der Waals surface area contributed by atoms with Crippen LogP contribution in [0.5, 0.6) is 0 Å². The van der Waals surface area contributed by atoms with Crippen molar-refractivity contribution in [2.24, 2.45) is 0 Å². The Morgan fingerprint density at radius 3 is 3.18 bits per heavy atom. The first kappa shape index (κ1) is 10.7. The number of rotatable bonds is 2. The number of hydrogen-bond acceptors (Lipinski definition) is 3. The van der Waals surface area contributed by atoms with E-state index in [9.17, 15) is 4.79 Å². The molecule has 1 fully saturated rings. The van der Waals surface area contributed by atoms with Gasteiger partial charge < -0.3 is 10.6 Å². The summed E-state index contributed by atoms with van der Waals surface area (Å²) in [7, 11) is 0. The van der Waals surface area contributed by atoms with Crippen molar-refractivity contribution in [3.63, 3.8) is 0 Å². The summed E-state index contributed by atoms with van der Waals surface area (Å²) >= 11 is 1.72. The van der Waals surface area contributed by atoms with Crippen molar-refractivity contribution in [1.29, 1.82) is 0 Å². The first-order valence-corrected chi connectivity index (χ1v) is 6.72. The van der Waals surface area contributed by atoms with Gasteiger partial charge in [-0.3, -0.25) is 4.79 Å². The lowest BCUT2D eigenvalue weighted by Crippen LogP contribution is -2.35. The molecule has 1 atom stereocenters. The molecule has 1 amide bonds. The number of benzene rings is 1. The predicted octanol–water partition coefficient (Wildman–Crippen LogP) is 2.59. The minimum absolute atomic E-state index is 0.0202. The summed E-state index contributed by atoms with van der Waals surface area (Å²) in [6.45, 7) is 0.946. The van der Waals surface area contributed by atoms with E-state index < -0.39 is 0 Å². The highest BCUT2D eigenvalue weighted by atomic mass is 32.1. The van der Waals surface area contributed by atoms with Crippen molar-refractivity contribution in [2.45, 2.75) is 18.9 Å². The summed E-state index contributed by atoms with van der Waals surface area (Å²) in [6.07, 6.45) is 2.02. The molecular weight excluding hydrogens is 232 g/mol. The molecule has 0 saturated carbocycles. The van der Waals surface area contributed by atoms with Gasteiger partial charge in [0.25, 0.3) is 0 Å². The van der Waals surface area contributed by atoms with Crippen LogP contribution in [0.2, 0.25) is 0 Å². The van der Waals surface area contributed by atoms with Gasteiger partial charge in [0, 0.05) is 10.4 Å². The Bertz CT molecular complexity index is 543. The predicted molar refractivity (Wildman–Crippen MR) is 71.5 cm³/mol. The average molecular weight is 246 g/mol. The van der Waals surface area contributed by atoms with Gasteiger partial charge in [-0.25, -0.2) is 0 Å². The topological polar surface area (TPSA) is 41.1 Å². The summed E-state index contributed by atoms with van der Waals surface area (Å²) < 4.78 is 1.25. The fraction of sp³-hybridized carbons (Fsp3) is 0.308. The SMILES string of the molecule is O=C(Nc1ccc2sccc2c1)[C@H]1CCCN1. The number of anilines is 1. The fourth-order valence-corrected chi connectivity index (χ4v) is 2.95. The van der Waals surface area contributed by atoms with E-state index in [2.05, 4.69) is 28.1 Å². The van der Waals surface area contributed by atoms with Crippen LogP contribution in [0.4, 0.5) is 5.69 Å². The molecule has 3 nitrogen and oxygen atoms in total. The van der Waals surface area contributed by atoms with E-state index in [4.69, 9.17) is 0 Å². The van der Waals surface area contributed by atoms with Gasteiger partial charge in [0.05, 0.1) is 6.04 Å². The summed E-state index contributed by atoms with van der Waals surface area (Å²) in [6, 6.07) is 8.10. The molecule has 4 heteroatoms. The second-order valence-corrected chi connectivity index (χ2v) is 5.26. The quantitative estimate of drug-likeness (QED) is 0.855. The van der Waals surface area contributed by atoms with Gasteiger partial charge in [0.1, 0.15) is 0 Å².